The topological polar surface area (TPSA) is 8.17 Å². The van der Waals surface area contributed by atoms with E-state index in [0.717, 1.165) is 22.7 Å². The summed E-state index contributed by atoms with van der Waals surface area (Å²) < 4.78 is 2.37. The van der Waals surface area contributed by atoms with Crippen LogP contribution in [0.1, 0.15) is 0 Å². The Morgan fingerprint density at radius 3 is 1.50 bits per heavy atom. The van der Waals surface area contributed by atoms with Gasteiger partial charge in [-0.05, 0) is 104 Å². The second-order valence-corrected chi connectivity index (χ2v) is 13.4. The van der Waals surface area contributed by atoms with Crippen LogP contribution in [0.25, 0.3) is 71.3 Å². The summed E-state index contributed by atoms with van der Waals surface area (Å²) in [5, 5.41) is 7.55. The second-order valence-electron chi connectivity index (χ2n) is 13.4. The molecular weight excluding hydrogens is 629 g/mol. The number of fused-ring (bicyclic) bond motifs is 6. The molecule has 0 aliphatic rings. The highest BCUT2D eigenvalue weighted by atomic mass is 15.1. The summed E-state index contributed by atoms with van der Waals surface area (Å²) in [5.41, 5.74) is 11.7. The molecule has 10 rings (SSSR count). The van der Waals surface area contributed by atoms with Crippen molar-refractivity contribution in [1.82, 2.24) is 4.57 Å². The first-order valence-electron chi connectivity index (χ1n) is 17.8. The molecule has 1 aromatic heterocycles. The van der Waals surface area contributed by atoms with Gasteiger partial charge in [-0.1, -0.05) is 146 Å². The Bertz CT molecular complexity index is 2830. The maximum absolute atomic E-state index is 2.38. The number of anilines is 3. The third-order valence-electron chi connectivity index (χ3n) is 10.4. The number of benzene rings is 9. The van der Waals surface area contributed by atoms with Crippen LogP contribution in [0.4, 0.5) is 17.1 Å². The van der Waals surface area contributed by atoms with E-state index in [9.17, 15) is 0 Å². The van der Waals surface area contributed by atoms with Gasteiger partial charge in [-0.2, -0.15) is 0 Å². The maximum atomic E-state index is 2.38. The molecule has 2 heteroatoms. The Morgan fingerprint density at radius 1 is 0.288 bits per heavy atom. The molecule has 1 heterocycles. The van der Waals surface area contributed by atoms with E-state index in [1.54, 1.807) is 0 Å². The fourth-order valence-corrected chi connectivity index (χ4v) is 7.84. The van der Waals surface area contributed by atoms with Crippen LogP contribution in [0.2, 0.25) is 0 Å². The standard InChI is InChI=1S/C50H34N2/c1-2-11-35(12-3-1)40-14-10-15-43(33-40)51(44-32-27-39-22-21-38-13-4-5-16-45(38)48(39)34-44)41-28-23-36(24-29-41)37-25-30-42(31-26-37)52-49-19-8-6-17-46(49)47-18-7-9-20-50(47)52/h1-34H. The Morgan fingerprint density at radius 2 is 0.788 bits per heavy atom. The van der Waals surface area contributed by atoms with Gasteiger partial charge in [0.25, 0.3) is 0 Å². The lowest BCUT2D eigenvalue weighted by Crippen LogP contribution is -2.10. The lowest BCUT2D eigenvalue weighted by Gasteiger charge is -2.27. The van der Waals surface area contributed by atoms with E-state index in [1.165, 1.54) is 65.6 Å². The van der Waals surface area contributed by atoms with Crippen LogP contribution in [0.5, 0.6) is 0 Å². The monoisotopic (exact) mass is 662 g/mol. The average Bonchev–Trinajstić information content (AvgIpc) is 3.56. The molecule has 0 saturated heterocycles. The summed E-state index contributed by atoms with van der Waals surface area (Å²) in [5.74, 6) is 0. The van der Waals surface area contributed by atoms with Gasteiger partial charge in [0.05, 0.1) is 11.0 Å². The van der Waals surface area contributed by atoms with Gasteiger partial charge in [0, 0.05) is 33.5 Å². The quantitative estimate of drug-likeness (QED) is 0.161. The van der Waals surface area contributed by atoms with Crippen molar-refractivity contribution in [3.05, 3.63) is 206 Å². The van der Waals surface area contributed by atoms with Gasteiger partial charge < -0.3 is 9.47 Å². The number of hydrogen-bond donors (Lipinski definition) is 0. The summed E-state index contributed by atoms with van der Waals surface area (Å²) in [7, 11) is 0. The number of hydrogen-bond acceptors (Lipinski definition) is 1. The van der Waals surface area contributed by atoms with E-state index in [-0.39, 0.29) is 0 Å². The van der Waals surface area contributed by atoms with Gasteiger partial charge in [-0.25, -0.2) is 0 Å². The average molecular weight is 663 g/mol. The fourth-order valence-electron chi connectivity index (χ4n) is 7.84. The van der Waals surface area contributed by atoms with Crippen molar-refractivity contribution < 1.29 is 0 Å². The van der Waals surface area contributed by atoms with Crippen LogP contribution >= 0.6 is 0 Å². The normalized spacial score (nSPS) is 11.5. The van der Waals surface area contributed by atoms with Crippen molar-refractivity contribution >= 4 is 60.4 Å². The highest BCUT2D eigenvalue weighted by molar-refractivity contribution is 6.10. The molecule has 244 valence electrons. The first-order chi connectivity index (χ1) is 25.8. The number of nitrogens with zero attached hydrogens (tertiary/aromatic N) is 2. The zero-order valence-electron chi connectivity index (χ0n) is 28.5. The molecule has 0 amide bonds. The van der Waals surface area contributed by atoms with Crippen LogP contribution in [-0.2, 0) is 0 Å². The molecule has 0 aliphatic carbocycles. The molecule has 0 aliphatic heterocycles. The van der Waals surface area contributed by atoms with Gasteiger partial charge in [0.15, 0.2) is 0 Å². The molecule has 0 fully saturated rings. The second kappa shape index (κ2) is 12.5. The summed E-state index contributed by atoms with van der Waals surface area (Å²) in [6, 6.07) is 74.7. The minimum atomic E-state index is 1.11. The van der Waals surface area contributed by atoms with E-state index in [1.807, 2.05) is 0 Å². The summed E-state index contributed by atoms with van der Waals surface area (Å²) in [4.78, 5) is 2.38. The first kappa shape index (κ1) is 30.0. The van der Waals surface area contributed by atoms with Crippen LogP contribution in [0.3, 0.4) is 0 Å². The van der Waals surface area contributed by atoms with Crippen molar-refractivity contribution in [2.24, 2.45) is 0 Å². The van der Waals surface area contributed by atoms with E-state index in [0.29, 0.717) is 0 Å². The van der Waals surface area contributed by atoms with Crippen molar-refractivity contribution in [1.29, 1.82) is 0 Å². The molecule has 52 heavy (non-hydrogen) atoms. The van der Waals surface area contributed by atoms with Crippen molar-refractivity contribution in [3.8, 4) is 27.9 Å². The lowest BCUT2D eigenvalue weighted by molar-refractivity contribution is 1.18. The SMILES string of the molecule is c1ccc(-c2cccc(N(c3ccc(-c4ccc(-n5c6ccccc6c6ccccc65)cc4)cc3)c3ccc4ccc5ccccc5c4c3)c2)cc1. The molecule has 10 aromatic rings. The van der Waals surface area contributed by atoms with E-state index >= 15 is 0 Å². The zero-order chi connectivity index (χ0) is 34.4. The van der Waals surface area contributed by atoms with Gasteiger partial charge in [0.2, 0.25) is 0 Å². The van der Waals surface area contributed by atoms with Crippen LogP contribution in [-0.4, -0.2) is 4.57 Å². The summed E-state index contributed by atoms with van der Waals surface area (Å²) >= 11 is 0. The van der Waals surface area contributed by atoms with Crippen LogP contribution in [0.15, 0.2) is 206 Å². The number of aromatic nitrogens is 1. The minimum Gasteiger partial charge on any atom is -0.310 e. The zero-order valence-corrected chi connectivity index (χ0v) is 28.5. The van der Waals surface area contributed by atoms with Crippen LogP contribution < -0.4 is 4.90 Å². The van der Waals surface area contributed by atoms with Crippen molar-refractivity contribution in [2.45, 2.75) is 0 Å². The molecular formula is C50H34N2. The van der Waals surface area contributed by atoms with Gasteiger partial charge >= 0.3 is 0 Å². The Balaban J connectivity index is 1.05. The third-order valence-corrected chi connectivity index (χ3v) is 10.4. The van der Waals surface area contributed by atoms with Gasteiger partial charge in [-0.3, -0.25) is 0 Å². The van der Waals surface area contributed by atoms with E-state index in [4.69, 9.17) is 0 Å². The predicted octanol–water partition coefficient (Wildman–Crippen LogP) is 13.9. The maximum Gasteiger partial charge on any atom is 0.0541 e. The molecule has 0 radical (unpaired) electrons. The first-order valence-corrected chi connectivity index (χ1v) is 17.8. The van der Waals surface area contributed by atoms with Gasteiger partial charge in [-0.15, -0.1) is 0 Å². The molecule has 0 unspecified atom stereocenters. The highest BCUT2D eigenvalue weighted by Gasteiger charge is 2.16. The largest absolute Gasteiger partial charge is 0.310 e. The Hall–Kier alpha value is -6.90. The number of para-hydroxylation sites is 2. The van der Waals surface area contributed by atoms with E-state index in [2.05, 4.69) is 216 Å². The van der Waals surface area contributed by atoms with Gasteiger partial charge in [0.1, 0.15) is 0 Å². The smallest absolute Gasteiger partial charge is 0.0541 e. The third kappa shape index (κ3) is 5.12. The summed E-state index contributed by atoms with van der Waals surface area (Å²) in [6.07, 6.45) is 0. The Kier molecular flexibility index (Phi) is 7.18. The molecule has 0 spiro atoms. The van der Waals surface area contributed by atoms with E-state index < -0.39 is 0 Å². The van der Waals surface area contributed by atoms with Crippen molar-refractivity contribution in [2.75, 3.05) is 4.90 Å². The summed E-state index contributed by atoms with van der Waals surface area (Å²) in [6.45, 7) is 0. The fraction of sp³-hybridized carbons (Fsp3) is 0. The molecule has 0 bridgehead atoms. The highest BCUT2D eigenvalue weighted by Crippen LogP contribution is 2.40. The lowest BCUT2D eigenvalue weighted by atomic mass is 10.00. The predicted molar refractivity (Wildman–Crippen MR) is 221 cm³/mol. The molecule has 0 atom stereocenters. The number of rotatable bonds is 6. The van der Waals surface area contributed by atoms with Crippen molar-refractivity contribution in [3.63, 3.8) is 0 Å². The molecule has 9 aromatic carbocycles. The Labute approximate surface area is 303 Å². The van der Waals surface area contributed by atoms with Crippen LogP contribution in [0, 0.1) is 0 Å². The minimum absolute atomic E-state index is 1.11. The molecule has 2 nitrogen and oxygen atoms in total. The molecule has 0 saturated carbocycles. The molecule has 0 N–H and O–H groups in total.